The number of anilines is 1. The van der Waals surface area contributed by atoms with Crippen molar-refractivity contribution in [3.63, 3.8) is 0 Å². The Bertz CT molecular complexity index is 891. The summed E-state index contributed by atoms with van der Waals surface area (Å²) in [5, 5.41) is 8.93. The highest BCUT2D eigenvalue weighted by molar-refractivity contribution is 5.96. The van der Waals surface area contributed by atoms with Crippen molar-refractivity contribution in [2.75, 3.05) is 31.1 Å². The van der Waals surface area contributed by atoms with E-state index < -0.39 is 6.61 Å². The molecule has 2 heterocycles. The van der Waals surface area contributed by atoms with Crippen molar-refractivity contribution in [3.8, 4) is 0 Å². The molecule has 0 bridgehead atoms. The minimum atomic E-state index is -0.542. The number of aliphatic hydroxyl groups excluding tert-OH is 1. The van der Waals surface area contributed by atoms with E-state index in [0.717, 1.165) is 38.0 Å². The second-order valence-electron chi connectivity index (χ2n) is 7.97. The molecule has 3 rings (SSSR count). The number of aliphatic hydroxyl groups is 1. The normalized spacial score (nSPS) is 15.8. The number of benzene rings is 1. The van der Waals surface area contributed by atoms with Crippen LogP contribution in [0.25, 0.3) is 6.08 Å². The van der Waals surface area contributed by atoms with Gasteiger partial charge in [-0.1, -0.05) is 42.5 Å². The number of hydrogen-bond acceptors (Lipinski definition) is 6. The number of nitrogens with zero attached hydrogens (tertiary/aromatic N) is 4. The van der Waals surface area contributed by atoms with Crippen molar-refractivity contribution in [3.05, 3.63) is 59.9 Å². The first-order chi connectivity index (χ1) is 15.0. The summed E-state index contributed by atoms with van der Waals surface area (Å²) < 4.78 is 0. The van der Waals surface area contributed by atoms with Crippen LogP contribution in [0.1, 0.15) is 42.6 Å². The lowest BCUT2D eigenvalue weighted by atomic mass is 9.95. The zero-order valence-corrected chi connectivity index (χ0v) is 18.1. The largest absolute Gasteiger partial charge is 0.388 e. The van der Waals surface area contributed by atoms with Gasteiger partial charge < -0.3 is 14.9 Å². The smallest absolute Gasteiger partial charge is 0.225 e. The van der Waals surface area contributed by atoms with Crippen LogP contribution in [0.2, 0.25) is 0 Å². The topological polar surface area (TPSA) is 86.6 Å². The summed E-state index contributed by atoms with van der Waals surface area (Å²) in [5.74, 6) is 0.712. The fourth-order valence-electron chi connectivity index (χ4n) is 3.81. The molecule has 7 nitrogen and oxygen atoms in total. The summed E-state index contributed by atoms with van der Waals surface area (Å²) in [6.45, 7) is 5.48. The van der Waals surface area contributed by atoms with E-state index in [0.29, 0.717) is 17.4 Å². The van der Waals surface area contributed by atoms with Gasteiger partial charge in [0.2, 0.25) is 11.9 Å². The van der Waals surface area contributed by atoms with Crippen LogP contribution < -0.4 is 4.90 Å². The highest BCUT2D eigenvalue weighted by Crippen LogP contribution is 2.22. The van der Waals surface area contributed by atoms with Gasteiger partial charge in [0.15, 0.2) is 5.78 Å². The Kier molecular flexibility index (Phi) is 7.89. The predicted molar refractivity (Wildman–Crippen MR) is 121 cm³/mol. The number of aromatic nitrogens is 2. The predicted octanol–water partition coefficient (Wildman–Crippen LogP) is 2.82. The summed E-state index contributed by atoms with van der Waals surface area (Å²) in [6, 6.07) is 10.1. The van der Waals surface area contributed by atoms with Crippen LogP contribution in [-0.2, 0) is 4.79 Å². The van der Waals surface area contributed by atoms with Crippen LogP contribution in [0.15, 0.2) is 48.8 Å². The zero-order chi connectivity index (χ0) is 22.2. The minimum absolute atomic E-state index is 0.0238. The Morgan fingerprint density at radius 2 is 1.84 bits per heavy atom. The number of carbonyl (C=O) groups excluding carboxylic acids is 2. The Hall–Kier alpha value is -3.06. The number of Topliss-reactive ketones (excluding diaryl/α,β-unsaturated/α-hetero) is 1. The summed E-state index contributed by atoms with van der Waals surface area (Å²) in [5.41, 5.74) is 1.44. The van der Waals surface area contributed by atoms with Gasteiger partial charge in [-0.05, 0) is 31.2 Å². The second kappa shape index (κ2) is 10.8. The summed E-state index contributed by atoms with van der Waals surface area (Å²) in [4.78, 5) is 36.4. The first-order valence-electron chi connectivity index (χ1n) is 10.7. The van der Waals surface area contributed by atoms with Crippen LogP contribution in [0.5, 0.6) is 0 Å². The Balaban J connectivity index is 1.54. The maximum Gasteiger partial charge on any atom is 0.225 e. The van der Waals surface area contributed by atoms with E-state index in [9.17, 15) is 9.59 Å². The molecule has 164 valence electrons. The molecule has 31 heavy (non-hydrogen) atoms. The van der Waals surface area contributed by atoms with Crippen LogP contribution in [0.4, 0.5) is 5.95 Å². The van der Waals surface area contributed by atoms with E-state index in [4.69, 9.17) is 5.11 Å². The number of ketones is 1. The monoisotopic (exact) mass is 422 g/mol. The summed E-state index contributed by atoms with van der Waals surface area (Å²) in [7, 11) is 0. The number of amides is 1. The van der Waals surface area contributed by atoms with Crippen molar-refractivity contribution < 1.29 is 14.7 Å². The number of piperidine rings is 1. The van der Waals surface area contributed by atoms with Gasteiger partial charge in [-0.3, -0.25) is 9.59 Å². The van der Waals surface area contributed by atoms with Crippen LogP contribution >= 0.6 is 0 Å². The van der Waals surface area contributed by atoms with Crippen molar-refractivity contribution >= 4 is 23.7 Å². The maximum atomic E-state index is 12.3. The fourth-order valence-corrected chi connectivity index (χ4v) is 3.81. The van der Waals surface area contributed by atoms with Crippen LogP contribution in [-0.4, -0.2) is 63.9 Å². The fraction of sp³-hybridized carbons (Fsp3) is 0.417. The lowest BCUT2D eigenvalue weighted by Gasteiger charge is -2.36. The van der Waals surface area contributed by atoms with Gasteiger partial charge in [-0.15, -0.1) is 0 Å². The first-order valence-corrected chi connectivity index (χ1v) is 10.7. The number of carbonyl (C=O) groups is 2. The van der Waals surface area contributed by atoms with Gasteiger partial charge in [-0.25, -0.2) is 9.97 Å². The highest BCUT2D eigenvalue weighted by atomic mass is 16.3. The van der Waals surface area contributed by atoms with E-state index in [2.05, 4.69) is 33.9 Å². The molecule has 1 amide bonds. The molecule has 0 spiro atoms. The minimum Gasteiger partial charge on any atom is -0.388 e. The second-order valence-corrected chi connectivity index (χ2v) is 7.97. The molecule has 1 aromatic heterocycles. The van der Waals surface area contributed by atoms with Crippen molar-refractivity contribution in [1.82, 2.24) is 14.9 Å². The molecular formula is C24H30N4O3. The molecule has 1 aliphatic heterocycles. The lowest BCUT2D eigenvalue weighted by Crippen LogP contribution is -2.43. The first kappa shape index (κ1) is 22.6. The zero-order valence-electron chi connectivity index (χ0n) is 18.1. The van der Waals surface area contributed by atoms with E-state index in [1.54, 1.807) is 6.92 Å². The van der Waals surface area contributed by atoms with Crippen molar-refractivity contribution in [2.24, 2.45) is 5.92 Å². The molecule has 1 aliphatic rings. The van der Waals surface area contributed by atoms with Crippen molar-refractivity contribution in [1.29, 1.82) is 0 Å². The molecule has 1 atom stereocenters. The molecular weight excluding hydrogens is 392 g/mol. The molecule has 1 N–H and O–H groups in total. The summed E-state index contributed by atoms with van der Waals surface area (Å²) >= 11 is 0. The van der Waals surface area contributed by atoms with Gasteiger partial charge in [0.25, 0.3) is 0 Å². The average Bonchev–Trinajstić information content (AvgIpc) is 2.81. The molecule has 2 aromatic rings. The molecule has 0 radical (unpaired) electrons. The van der Waals surface area contributed by atoms with Gasteiger partial charge in [-0.2, -0.15) is 0 Å². The number of hydrogen-bond donors (Lipinski definition) is 1. The van der Waals surface area contributed by atoms with Gasteiger partial charge >= 0.3 is 0 Å². The Labute approximate surface area is 183 Å². The van der Waals surface area contributed by atoms with Gasteiger partial charge in [0.1, 0.15) is 6.61 Å². The molecule has 7 heteroatoms. The third kappa shape index (κ3) is 6.21. The van der Waals surface area contributed by atoms with Gasteiger partial charge in [0, 0.05) is 45.0 Å². The van der Waals surface area contributed by atoms with E-state index in [1.807, 2.05) is 35.2 Å². The molecule has 1 aromatic carbocycles. The summed E-state index contributed by atoms with van der Waals surface area (Å²) in [6.07, 6.45) is 8.95. The van der Waals surface area contributed by atoms with E-state index in [1.165, 1.54) is 12.4 Å². The highest BCUT2D eigenvalue weighted by Gasteiger charge is 2.25. The third-order valence-electron chi connectivity index (χ3n) is 5.72. The Morgan fingerprint density at radius 3 is 2.42 bits per heavy atom. The van der Waals surface area contributed by atoms with E-state index >= 15 is 0 Å². The third-order valence-corrected chi connectivity index (χ3v) is 5.72. The SMILES string of the molecule is CC(=O)N(CC1CCN(c2ncc(C(=O)CO)cn2)CC1)C(C)/C=C/c1ccccc1. The average molecular weight is 423 g/mol. The molecule has 1 fully saturated rings. The van der Waals surface area contributed by atoms with Crippen LogP contribution in [0.3, 0.4) is 0 Å². The Morgan fingerprint density at radius 1 is 1.19 bits per heavy atom. The van der Waals surface area contributed by atoms with Gasteiger partial charge in [0.05, 0.1) is 5.56 Å². The van der Waals surface area contributed by atoms with E-state index in [-0.39, 0.29) is 17.7 Å². The number of rotatable bonds is 8. The molecule has 1 saturated heterocycles. The molecule has 0 saturated carbocycles. The van der Waals surface area contributed by atoms with Crippen molar-refractivity contribution in [2.45, 2.75) is 32.7 Å². The maximum absolute atomic E-state index is 12.3. The molecule has 0 aliphatic carbocycles. The lowest BCUT2D eigenvalue weighted by molar-refractivity contribution is -0.130. The standard InChI is InChI=1S/C24H30N4O3/c1-18(8-9-20-6-4-3-5-7-20)28(19(2)30)16-21-10-12-27(13-11-21)24-25-14-22(15-26-24)23(31)17-29/h3-9,14-15,18,21,29H,10-13,16-17H2,1-2H3/b9-8+. The quantitative estimate of drug-likeness (QED) is 0.659. The molecule has 1 unspecified atom stereocenters. The van der Waals surface area contributed by atoms with Crippen LogP contribution in [0, 0.1) is 5.92 Å².